The van der Waals surface area contributed by atoms with Crippen LogP contribution in [-0.4, -0.2) is 19.2 Å². The van der Waals surface area contributed by atoms with Crippen molar-refractivity contribution in [3.05, 3.63) is 23.8 Å². The fourth-order valence-electron chi connectivity index (χ4n) is 1.90. The maximum absolute atomic E-state index is 11.8. The Morgan fingerprint density at radius 3 is 2.78 bits per heavy atom. The highest BCUT2D eigenvalue weighted by Crippen LogP contribution is 2.27. The predicted octanol–water partition coefficient (Wildman–Crippen LogP) is 2.62. The van der Waals surface area contributed by atoms with Gasteiger partial charge in [-0.05, 0) is 43.9 Å². The van der Waals surface area contributed by atoms with Crippen molar-refractivity contribution >= 4 is 11.7 Å². The van der Waals surface area contributed by atoms with Crippen LogP contribution >= 0.6 is 0 Å². The van der Waals surface area contributed by atoms with Gasteiger partial charge >= 0.3 is 5.97 Å². The molecular formula is C14H19NO3. The number of nitrogen functional groups attached to an aromatic ring is 1. The molecule has 0 atom stereocenters. The van der Waals surface area contributed by atoms with Crippen molar-refractivity contribution in [2.75, 3.05) is 18.9 Å². The quantitative estimate of drug-likeness (QED) is 0.643. The lowest BCUT2D eigenvalue weighted by Crippen LogP contribution is -2.20. The second-order valence-corrected chi connectivity index (χ2v) is 4.58. The van der Waals surface area contributed by atoms with Crippen LogP contribution in [0.2, 0.25) is 0 Å². The molecule has 98 valence electrons. The van der Waals surface area contributed by atoms with Gasteiger partial charge in [-0.2, -0.15) is 0 Å². The number of benzene rings is 1. The molecule has 1 saturated carbocycles. The Labute approximate surface area is 107 Å². The molecule has 4 nitrogen and oxygen atoms in total. The summed E-state index contributed by atoms with van der Waals surface area (Å²) in [4.78, 5) is 11.8. The summed E-state index contributed by atoms with van der Waals surface area (Å²) in [6.07, 6.45) is 3.58. The summed E-state index contributed by atoms with van der Waals surface area (Å²) in [6.45, 7) is 2.96. The second-order valence-electron chi connectivity index (χ2n) is 4.58. The van der Waals surface area contributed by atoms with Gasteiger partial charge in [-0.1, -0.05) is 6.42 Å². The molecule has 1 aliphatic rings. The van der Waals surface area contributed by atoms with Crippen LogP contribution in [-0.2, 0) is 4.74 Å². The summed E-state index contributed by atoms with van der Waals surface area (Å²) >= 11 is 0. The first-order valence-corrected chi connectivity index (χ1v) is 6.40. The zero-order valence-electron chi connectivity index (χ0n) is 10.6. The van der Waals surface area contributed by atoms with Gasteiger partial charge in [-0.15, -0.1) is 0 Å². The lowest BCUT2D eigenvalue weighted by atomic mass is 9.86. The average molecular weight is 249 g/mol. The standard InChI is InChI=1S/C14H19NO3/c1-2-17-13-7-6-11(8-12(13)15)14(16)18-9-10-4-3-5-10/h6-8,10H,2-5,9,15H2,1H3. The Kier molecular flexibility index (Phi) is 4.07. The van der Waals surface area contributed by atoms with E-state index in [0.717, 1.165) is 0 Å². The smallest absolute Gasteiger partial charge is 0.338 e. The Bertz CT molecular complexity index is 427. The summed E-state index contributed by atoms with van der Waals surface area (Å²) in [6, 6.07) is 5.00. The van der Waals surface area contributed by atoms with Gasteiger partial charge in [0.15, 0.2) is 0 Å². The van der Waals surface area contributed by atoms with E-state index < -0.39 is 0 Å². The van der Waals surface area contributed by atoms with E-state index >= 15 is 0 Å². The minimum absolute atomic E-state index is 0.309. The number of carbonyl (C=O) groups is 1. The Morgan fingerprint density at radius 1 is 1.44 bits per heavy atom. The summed E-state index contributed by atoms with van der Waals surface area (Å²) < 4.78 is 10.6. The van der Waals surface area contributed by atoms with Crippen LogP contribution in [0.5, 0.6) is 5.75 Å². The van der Waals surface area contributed by atoms with Crippen molar-refractivity contribution in [1.82, 2.24) is 0 Å². The third-order valence-electron chi connectivity index (χ3n) is 3.22. The monoisotopic (exact) mass is 249 g/mol. The highest BCUT2D eigenvalue weighted by molar-refractivity contribution is 5.91. The molecule has 0 radical (unpaired) electrons. The van der Waals surface area contributed by atoms with E-state index in [0.29, 0.717) is 36.1 Å². The van der Waals surface area contributed by atoms with Crippen molar-refractivity contribution in [1.29, 1.82) is 0 Å². The zero-order valence-corrected chi connectivity index (χ0v) is 10.6. The number of nitrogens with two attached hydrogens (primary N) is 1. The molecule has 0 spiro atoms. The molecule has 0 saturated heterocycles. The van der Waals surface area contributed by atoms with Crippen molar-refractivity contribution in [3.8, 4) is 5.75 Å². The summed E-state index contributed by atoms with van der Waals surface area (Å²) in [5, 5.41) is 0. The van der Waals surface area contributed by atoms with Crippen LogP contribution in [0.3, 0.4) is 0 Å². The molecule has 0 aliphatic heterocycles. The number of rotatable bonds is 5. The topological polar surface area (TPSA) is 61.5 Å². The van der Waals surface area contributed by atoms with Gasteiger partial charge in [0.25, 0.3) is 0 Å². The van der Waals surface area contributed by atoms with Crippen LogP contribution in [0.15, 0.2) is 18.2 Å². The van der Waals surface area contributed by atoms with Gasteiger partial charge in [-0.25, -0.2) is 4.79 Å². The maximum Gasteiger partial charge on any atom is 0.338 e. The van der Waals surface area contributed by atoms with Crippen molar-refractivity contribution in [2.24, 2.45) is 5.92 Å². The second kappa shape index (κ2) is 5.76. The van der Waals surface area contributed by atoms with Crippen molar-refractivity contribution < 1.29 is 14.3 Å². The lowest BCUT2D eigenvalue weighted by Gasteiger charge is -2.24. The molecule has 1 aromatic rings. The fraction of sp³-hybridized carbons (Fsp3) is 0.500. The van der Waals surface area contributed by atoms with E-state index in [1.807, 2.05) is 6.92 Å². The molecule has 4 heteroatoms. The third kappa shape index (κ3) is 2.94. The minimum atomic E-state index is -0.309. The van der Waals surface area contributed by atoms with E-state index in [1.54, 1.807) is 18.2 Å². The number of carbonyl (C=O) groups excluding carboxylic acids is 1. The number of ether oxygens (including phenoxy) is 2. The summed E-state index contributed by atoms with van der Waals surface area (Å²) in [5.41, 5.74) is 6.76. The van der Waals surface area contributed by atoms with Crippen molar-refractivity contribution in [3.63, 3.8) is 0 Å². The third-order valence-corrected chi connectivity index (χ3v) is 3.22. The van der Waals surface area contributed by atoms with Gasteiger partial charge in [0, 0.05) is 0 Å². The fourth-order valence-corrected chi connectivity index (χ4v) is 1.90. The Balaban J connectivity index is 1.94. The Morgan fingerprint density at radius 2 is 2.22 bits per heavy atom. The first-order valence-electron chi connectivity index (χ1n) is 6.40. The molecule has 0 bridgehead atoms. The van der Waals surface area contributed by atoms with Gasteiger partial charge in [-0.3, -0.25) is 0 Å². The maximum atomic E-state index is 11.8. The van der Waals surface area contributed by atoms with Gasteiger partial charge in [0.1, 0.15) is 5.75 Å². The van der Waals surface area contributed by atoms with Crippen LogP contribution < -0.4 is 10.5 Å². The SMILES string of the molecule is CCOc1ccc(C(=O)OCC2CCC2)cc1N. The van der Waals surface area contributed by atoms with E-state index in [-0.39, 0.29) is 5.97 Å². The molecule has 1 fully saturated rings. The number of hydrogen-bond donors (Lipinski definition) is 1. The molecule has 0 heterocycles. The summed E-state index contributed by atoms with van der Waals surface area (Å²) in [5.74, 6) is 0.846. The number of esters is 1. The molecule has 1 aliphatic carbocycles. The van der Waals surface area contributed by atoms with Gasteiger partial charge < -0.3 is 15.2 Å². The average Bonchev–Trinajstić information content (AvgIpc) is 2.30. The molecule has 0 amide bonds. The minimum Gasteiger partial charge on any atom is -0.492 e. The van der Waals surface area contributed by atoms with E-state index in [4.69, 9.17) is 15.2 Å². The molecule has 2 rings (SSSR count). The zero-order chi connectivity index (χ0) is 13.0. The first kappa shape index (κ1) is 12.7. The molecule has 0 unspecified atom stereocenters. The van der Waals surface area contributed by atoms with Crippen LogP contribution in [0, 0.1) is 5.92 Å². The largest absolute Gasteiger partial charge is 0.492 e. The highest BCUT2D eigenvalue weighted by atomic mass is 16.5. The summed E-state index contributed by atoms with van der Waals surface area (Å²) in [7, 11) is 0. The lowest BCUT2D eigenvalue weighted by molar-refractivity contribution is 0.0371. The van der Waals surface area contributed by atoms with E-state index in [1.165, 1.54) is 19.3 Å². The number of hydrogen-bond acceptors (Lipinski definition) is 4. The van der Waals surface area contributed by atoms with Crippen LogP contribution in [0.4, 0.5) is 5.69 Å². The normalized spacial score (nSPS) is 14.9. The molecule has 1 aromatic carbocycles. The first-order chi connectivity index (χ1) is 8.70. The van der Waals surface area contributed by atoms with Crippen molar-refractivity contribution in [2.45, 2.75) is 26.2 Å². The highest BCUT2D eigenvalue weighted by Gasteiger charge is 2.19. The molecule has 0 aromatic heterocycles. The molecule has 2 N–H and O–H groups in total. The van der Waals surface area contributed by atoms with Crippen LogP contribution in [0.1, 0.15) is 36.5 Å². The van der Waals surface area contributed by atoms with Gasteiger partial charge in [0.05, 0.1) is 24.5 Å². The molecular weight excluding hydrogens is 230 g/mol. The predicted molar refractivity (Wildman–Crippen MR) is 69.6 cm³/mol. The molecule has 18 heavy (non-hydrogen) atoms. The van der Waals surface area contributed by atoms with Gasteiger partial charge in [0.2, 0.25) is 0 Å². The van der Waals surface area contributed by atoms with E-state index in [2.05, 4.69) is 0 Å². The van der Waals surface area contributed by atoms with E-state index in [9.17, 15) is 4.79 Å². The number of anilines is 1. The Hall–Kier alpha value is -1.71. The van der Waals surface area contributed by atoms with Crippen LogP contribution in [0.25, 0.3) is 0 Å².